The van der Waals surface area contributed by atoms with Gasteiger partial charge >= 0.3 is 0 Å². The lowest BCUT2D eigenvalue weighted by atomic mass is 9.98. The molecule has 0 radical (unpaired) electrons. The van der Waals surface area contributed by atoms with Crippen LogP contribution < -0.4 is 10.5 Å². The molecule has 102 valence electrons. The van der Waals surface area contributed by atoms with Crippen LogP contribution in [0.5, 0.6) is 5.75 Å². The Morgan fingerprint density at radius 3 is 2.53 bits per heavy atom. The summed E-state index contributed by atoms with van der Waals surface area (Å²) in [6.45, 7) is 12.6. The van der Waals surface area contributed by atoms with Crippen molar-refractivity contribution in [1.29, 1.82) is 0 Å². The molecule has 0 aliphatic heterocycles. The summed E-state index contributed by atoms with van der Waals surface area (Å²) in [7, 11) is 0. The van der Waals surface area contributed by atoms with Gasteiger partial charge in [-0.05, 0) is 56.5 Å². The van der Waals surface area contributed by atoms with Gasteiger partial charge in [0.05, 0.1) is 6.61 Å². The second-order valence-corrected chi connectivity index (χ2v) is 4.68. The van der Waals surface area contributed by atoms with E-state index in [-0.39, 0.29) is 0 Å². The normalized spacial score (nSPS) is 12.4. The maximum absolute atomic E-state index is 5.68. The zero-order valence-corrected chi connectivity index (χ0v) is 12.3. The van der Waals surface area contributed by atoms with Crippen molar-refractivity contribution in [2.24, 2.45) is 5.73 Å². The molecule has 1 aromatic carbocycles. The monoisotopic (exact) mass is 257 g/mol. The molecule has 19 heavy (non-hydrogen) atoms. The molecule has 0 aliphatic carbocycles. The van der Waals surface area contributed by atoms with E-state index in [0.29, 0.717) is 6.61 Å². The van der Waals surface area contributed by atoms with E-state index in [2.05, 4.69) is 24.8 Å². The summed E-state index contributed by atoms with van der Waals surface area (Å²) in [6.07, 6.45) is 3.89. The second-order valence-electron chi connectivity index (χ2n) is 4.68. The third-order valence-electron chi connectivity index (χ3n) is 2.77. The van der Waals surface area contributed by atoms with Crippen molar-refractivity contribution in [3.05, 3.63) is 59.3 Å². The molecule has 2 N–H and O–H groups in total. The van der Waals surface area contributed by atoms with Crippen LogP contribution in [0.2, 0.25) is 0 Å². The van der Waals surface area contributed by atoms with Crippen LogP contribution in [0.4, 0.5) is 0 Å². The lowest BCUT2D eigenvalue weighted by molar-refractivity contribution is 0.338. The standard InChI is InChI=1S/C17H23NO/c1-6-19-17-11-15(9-7-13(17)4)16(12(2)3)10-8-14(5)18/h7-11H,2,6,18H2,1,3-5H3/b14-8+,16-10+. The quantitative estimate of drug-likeness (QED) is 0.802. The van der Waals surface area contributed by atoms with Gasteiger partial charge in [0.15, 0.2) is 0 Å². The molecule has 0 aliphatic rings. The minimum atomic E-state index is 0.665. The highest BCUT2D eigenvalue weighted by Gasteiger charge is 2.06. The van der Waals surface area contributed by atoms with Gasteiger partial charge in [-0.25, -0.2) is 0 Å². The first kappa shape index (κ1) is 15.1. The maximum atomic E-state index is 5.68. The van der Waals surface area contributed by atoms with E-state index in [0.717, 1.165) is 33.7 Å². The van der Waals surface area contributed by atoms with Crippen molar-refractivity contribution < 1.29 is 4.74 Å². The summed E-state index contributed by atoms with van der Waals surface area (Å²) in [4.78, 5) is 0. The van der Waals surface area contributed by atoms with E-state index < -0.39 is 0 Å². The van der Waals surface area contributed by atoms with E-state index in [9.17, 15) is 0 Å². The van der Waals surface area contributed by atoms with Gasteiger partial charge in [-0.15, -0.1) is 0 Å². The van der Waals surface area contributed by atoms with Crippen LogP contribution in [0, 0.1) is 6.92 Å². The highest BCUT2D eigenvalue weighted by molar-refractivity contribution is 5.79. The molecule has 0 amide bonds. The van der Waals surface area contributed by atoms with Crippen LogP contribution >= 0.6 is 0 Å². The molecular weight excluding hydrogens is 234 g/mol. The Labute approximate surface area is 116 Å². The first-order valence-electron chi connectivity index (χ1n) is 6.49. The Bertz CT molecular complexity index is 520. The maximum Gasteiger partial charge on any atom is 0.122 e. The van der Waals surface area contributed by atoms with Crippen molar-refractivity contribution in [2.45, 2.75) is 27.7 Å². The highest BCUT2D eigenvalue weighted by atomic mass is 16.5. The molecule has 0 saturated heterocycles. The fourth-order valence-corrected chi connectivity index (χ4v) is 1.78. The van der Waals surface area contributed by atoms with Gasteiger partial charge in [0.25, 0.3) is 0 Å². The number of allylic oxidation sites excluding steroid dienone is 5. The summed E-state index contributed by atoms with van der Waals surface area (Å²) in [5, 5.41) is 0. The van der Waals surface area contributed by atoms with Crippen molar-refractivity contribution in [3.8, 4) is 5.75 Å². The van der Waals surface area contributed by atoms with E-state index in [4.69, 9.17) is 10.5 Å². The molecule has 0 bridgehead atoms. The molecule has 1 aromatic rings. The molecule has 2 heteroatoms. The predicted molar refractivity (Wildman–Crippen MR) is 83.1 cm³/mol. The van der Waals surface area contributed by atoms with Crippen molar-refractivity contribution >= 4 is 5.57 Å². The van der Waals surface area contributed by atoms with Crippen LogP contribution in [-0.2, 0) is 0 Å². The van der Waals surface area contributed by atoms with E-state index in [1.54, 1.807) is 0 Å². The number of hydrogen-bond acceptors (Lipinski definition) is 2. The van der Waals surface area contributed by atoms with Crippen LogP contribution in [0.25, 0.3) is 5.57 Å². The van der Waals surface area contributed by atoms with Crippen molar-refractivity contribution in [3.63, 3.8) is 0 Å². The molecule has 0 saturated carbocycles. The van der Waals surface area contributed by atoms with Crippen LogP contribution in [0.3, 0.4) is 0 Å². The molecule has 0 spiro atoms. The zero-order chi connectivity index (χ0) is 14.4. The van der Waals surface area contributed by atoms with Gasteiger partial charge in [0.1, 0.15) is 5.75 Å². The fraction of sp³-hybridized carbons (Fsp3) is 0.294. The van der Waals surface area contributed by atoms with Crippen molar-refractivity contribution in [1.82, 2.24) is 0 Å². The number of benzene rings is 1. The third kappa shape index (κ3) is 4.32. The number of hydrogen-bond donors (Lipinski definition) is 1. The van der Waals surface area contributed by atoms with Crippen LogP contribution in [0.1, 0.15) is 31.9 Å². The SMILES string of the molecule is C=C(C)/C(=C\C=C(/C)N)c1ccc(C)c(OCC)c1. The Kier molecular flexibility index (Phi) is 5.43. The number of nitrogens with two attached hydrogens (primary N) is 1. The van der Waals surface area contributed by atoms with Gasteiger partial charge in [-0.3, -0.25) is 0 Å². The van der Waals surface area contributed by atoms with Crippen LogP contribution in [-0.4, -0.2) is 6.61 Å². The predicted octanol–water partition coefficient (Wildman–Crippen LogP) is 4.22. The van der Waals surface area contributed by atoms with Gasteiger partial charge in [-0.2, -0.15) is 0 Å². The van der Waals surface area contributed by atoms with E-state index in [1.165, 1.54) is 0 Å². The molecule has 2 nitrogen and oxygen atoms in total. The Hall–Kier alpha value is -1.96. The first-order chi connectivity index (χ1) is 8.95. The number of ether oxygens (including phenoxy) is 1. The van der Waals surface area contributed by atoms with Gasteiger partial charge in [0.2, 0.25) is 0 Å². The van der Waals surface area contributed by atoms with E-state index >= 15 is 0 Å². The highest BCUT2D eigenvalue weighted by Crippen LogP contribution is 2.27. The first-order valence-corrected chi connectivity index (χ1v) is 6.49. The number of aryl methyl sites for hydroxylation is 1. The summed E-state index contributed by atoms with van der Waals surface area (Å²) >= 11 is 0. The fourth-order valence-electron chi connectivity index (χ4n) is 1.78. The molecule has 0 fully saturated rings. The van der Waals surface area contributed by atoms with Crippen molar-refractivity contribution in [2.75, 3.05) is 6.61 Å². The number of rotatable bonds is 5. The summed E-state index contributed by atoms with van der Waals surface area (Å²) in [6, 6.07) is 6.20. The van der Waals surface area contributed by atoms with Gasteiger partial charge in [-0.1, -0.05) is 30.4 Å². The average molecular weight is 257 g/mol. The minimum absolute atomic E-state index is 0.665. The second kappa shape index (κ2) is 6.83. The largest absolute Gasteiger partial charge is 0.494 e. The molecule has 0 aromatic heterocycles. The van der Waals surface area contributed by atoms with E-state index in [1.807, 2.05) is 39.8 Å². The zero-order valence-electron chi connectivity index (χ0n) is 12.3. The Balaban J connectivity index is 3.24. The molecule has 0 heterocycles. The smallest absolute Gasteiger partial charge is 0.122 e. The summed E-state index contributed by atoms with van der Waals surface area (Å²) in [5.41, 5.74) is 10.8. The molecular formula is C17H23NO. The van der Waals surface area contributed by atoms with Gasteiger partial charge < -0.3 is 10.5 Å². The lowest BCUT2D eigenvalue weighted by Gasteiger charge is -2.12. The van der Waals surface area contributed by atoms with Crippen LogP contribution in [0.15, 0.2) is 48.2 Å². The summed E-state index contributed by atoms with van der Waals surface area (Å²) < 4.78 is 5.64. The van der Waals surface area contributed by atoms with Gasteiger partial charge in [0, 0.05) is 5.70 Å². The molecule has 0 unspecified atom stereocenters. The molecule has 1 rings (SSSR count). The third-order valence-corrected chi connectivity index (χ3v) is 2.77. The average Bonchev–Trinajstić information content (AvgIpc) is 2.32. The summed E-state index contributed by atoms with van der Waals surface area (Å²) in [5.74, 6) is 0.917. The Morgan fingerprint density at radius 2 is 2.00 bits per heavy atom. The topological polar surface area (TPSA) is 35.2 Å². The lowest BCUT2D eigenvalue weighted by Crippen LogP contribution is -1.96. The molecule has 0 atom stereocenters. The minimum Gasteiger partial charge on any atom is -0.494 e. The Morgan fingerprint density at radius 1 is 1.32 bits per heavy atom.